The van der Waals surface area contributed by atoms with Gasteiger partial charge in [-0.05, 0) is 29.8 Å². The molecule has 2 aromatic carbocycles. The Morgan fingerprint density at radius 2 is 1.91 bits per heavy atom. The van der Waals surface area contributed by atoms with Gasteiger partial charge in [-0.15, -0.1) is 0 Å². The maximum atomic E-state index is 13.4. The van der Waals surface area contributed by atoms with Gasteiger partial charge in [-0.2, -0.15) is 0 Å². The molecule has 0 bridgehead atoms. The molecule has 2 rings (SSSR count). The fourth-order valence-electron chi connectivity index (χ4n) is 2.03. The Hall–Kier alpha value is -2.21. The van der Waals surface area contributed by atoms with Crippen LogP contribution in [-0.4, -0.2) is 23.8 Å². The lowest BCUT2D eigenvalue weighted by molar-refractivity contribution is -0.128. The van der Waals surface area contributed by atoms with Crippen molar-refractivity contribution in [3.63, 3.8) is 0 Å². The highest BCUT2D eigenvalue weighted by atomic mass is 79.9. The molecule has 0 heterocycles. The van der Waals surface area contributed by atoms with Gasteiger partial charge in [0, 0.05) is 36.2 Å². The van der Waals surface area contributed by atoms with Crippen LogP contribution in [0.25, 0.3) is 0 Å². The van der Waals surface area contributed by atoms with Gasteiger partial charge in [0.05, 0.1) is 0 Å². The molecule has 0 atom stereocenters. The van der Waals surface area contributed by atoms with E-state index in [1.807, 2.05) is 12.1 Å². The van der Waals surface area contributed by atoms with Gasteiger partial charge >= 0.3 is 0 Å². The summed E-state index contributed by atoms with van der Waals surface area (Å²) in [4.78, 5) is 25.2. The van der Waals surface area contributed by atoms with Gasteiger partial charge < -0.3 is 10.2 Å². The number of carbonyl (C=O) groups excluding carboxylic acids is 2. The molecule has 0 fully saturated rings. The lowest BCUT2D eigenvalue weighted by Crippen LogP contribution is -2.24. The van der Waals surface area contributed by atoms with E-state index in [4.69, 9.17) is 0 Å². The number of hydrogen-bond acceptors (Lipinski definition) is 2. The Morgan fingerprint density at radius 1 is 1.22 bits per heavy atom. The molecule has 0 aromatic heterocycles. The smallest absolute Gasteiger partial charge is 0.255 e. The highest BCUT2D eigenvalue weighted by molar-refractivity contribution is 9.10. The lowest BCUT2D eigenvalue weighted by Gasteiger charge is -2.18. The number of amides is 2. The van der Waals surface area contributed by atoms with E-state index in [9.17, 15) is 14.0 Å². The van der Waals surface area contributed by atoms with Crippen LogP contribution in [0.5, 0.6) is 0 Å². The normalized spacial score (nSPS) is 10.3. The molecule has 0 aliphatic rings. The Bertz CT molecular complexity index is 729. The first-order chi connectivity index (χ1) is 10.9. The first kappa shape index (κ1) is 17.1. The van der Waals surface area contributed by atoms with E-state index in [2.05, 4.69) is 21.2 Å². The van der Waals surface area contributed by atoms with Crippen LogP contribution >= 0.6 is 15.9 Å². The van der Waals surface area contributed by atoms with Gasteiger partial charge in [-0.25, -0.2) is 4.39 Å². The monoisotopic (exact) mass is 378 g/mol. The van der Waals surface area contributed by atoms with Crippen molar-refractivity contribution < 1.29 is 14.0 Å². The number of halogens is 2. The SMILES string of the molecule is CC(=O)N(C)Cc1ccccc1NC(=O)c1cc(F)cc(Br)c1. The molecule has 0 aliphatic heterocycles. The minimum Gasteiger partial charge on any atom is -0.342 e. The molecule has 120 valence electrons. The number of rotatable bonds is 4. The number of nitrogens with one attached hydrogen (secondary N) is 1. The molecule has 0 radical (unpaired) electrons. The number of anilines is 1. The summed E-state index contributed by atoms with van der Waals surface area (Å²) in [5.74, 6) is -0.975. The third kappa shape index (κ3) is 4.63. The summed E-state index contributed by atoms with van der Waals surface area (Å²) in [6, 6.07) is 11.2. The van der Waals surface area contributed by atoms with Crippen LogP contribution in [0.15, 0.2) is 46.9 Å². The Morgan fingerprint density at radius 3 is 2.57 bits per heavy atom. The van der Waals surface area contributed by atoms with Crippen molar-refractivity contribution >= 4 is 33.4 Å². The third-order valence-electron chi connectivity index (χ3n) is 3.34. The molecule has 2 aromatic rings. The second kappa shape index (κ2) is 7.37. The molecule has 0 spiro atoms. The summed E-state index contributed by atoms with van der Waals surface area (Å²) in [6.45, 7) is 1.85. The predicted octanol–water partition coefficient (Wildman–Crippen LogP) is 3.82. The Balaban J connectivity index is 2.22. The second-order valence-corrected chi connectivity index (χ2v) is 6.06. The van der Waals surface area contributed by atoms with Crippen LogP contribution in [0.2, 0.25) is 0 Å². The van der Waals surface area contributed by atoms with E-state index in [1.54, 1.807) is 30.1 Å². The molecule has 0 aliphatic carbocycles. The van der Waals surface area contributed by atoms with E-state index >= 15 is 0 Å². The van der Waals surface area contributed by atoms with Gasteiger partial charge in [0.2, 0.25) is 5.91 Å². The van der Waals surface area contributed by atoms with E-state index in [0.717, 1.165) is 5.56 Å². The van der Waals surface area contributed by atoms with Crippen LogP contribution in [0.1, 0.15) is 22.8 Å². The third-order valence-corrected chi connectivity index (χ3v) is 3.79. The van der Waals surface area contributed by atoms with Gasteiger partial charge in [0.1, 0.15) is 5.82 Å². The highest BCUT2D eigenvalue weighted by Crippen LogP contribution is 2.20. The molecule has 6 heteroatoms. The van der Waals surface area contributed by atoms with Crippen molar-refractivity contribution in [1.82, 2.24) is 4.90 Å². The Kier molecular flexibility index (Phi) is 5.50. The summed E-state index contributed by atoms with van der Waals surface area (Å²) >= 11 is 3.17. The molecule has 0 saturated carbocycles. The van der Waals surface area contributed by atoms with Gasteiger partial charge in [0.15, 0.2) is 0 Å². The maximum Gasteiger partial charge on any atom is 0.255 e. The fourth-order valence-corrected chi connectivity index (χ4v) is 2.49. The molecule has 0 saturated heterocycles. The number of benzene rings is 2. The number of carbonyl (C=O) groups is 2. The zero-order valence-electron chi connectivity index (χ0n) is 12.8. The summed E-state index contributed by atoms with van der Waals surface area (Å²) in [7, 11) is 1.69. The standard InChI is InChI=1S/C17H16BrFN2O2/c1-11(22)21(2)10-12-5-3-4-6-16(12)20-17(23)13-7-14(18)9-15(19)8-13/h3-9H,10H2,1-2H3,(H,20,23). The quantitative estimate of drug-likeness (QED) is 0.878. The van der Waals surface area contributed by atoms with E-state index < -0.39 is 11.7 Å². The molecular formula is C17H16BrFN2O2. The molecule has 2 amide bonds. The van der Waals surface area contributed by atoms with Crippen molar-refractivity contribution in [2.75, 3.05) is 12.4 Å². The first-order valence-electron chi connectivity index (χ1n) is 6.94. The summed E-state index contributed by atoms with van der Waals surface area (Å²) in [5.41, 5.74) is 1.60. The van der Waals surface area contributed by atoms with Crippen molar-refractivity contribution in [2.24, 2.45) is 0 Å². The lowest BCUT2D eigenvalue weighted by atomic mass is 10.1. The highest BCUT2D eigenvalue weighted by Gasteiger charge is 2.12. The van der Waals surface area contributed by atoms with Crippen LogP contribution < -0.4 is 5.32 Å². The van der Waals surface area contributed by atoms with Crippen LogP contribution in [0.3, 0.4) is 0 Å². The second-order valence-electron chi connectivity index (χ2n) is 5.14. The van der Waals surface area contributed by atoms with E-state index in [-0.39, 0.29) is 11.5 Å². The zero-order chi connectivity index (χ0) is 17.0. The summed E-state index contributed by atoms with van der Waals surface area (Å²) in [5, 5.41) is 2.76. The number of hydrogen-bond donors (Lipinski definition) is 1. The van der Waals surface area contributed by atoms with E-state index in [0.29, 0.717) is 16.7 Å². The summed E-state index contributed by atoms with van der Waals surface area (Å²) in [6.07, 6.45) is 0. The molecule has 23 heavy (non-hydrogen) atoms. The van der Waals surface area contributed by atoms with Gasteiger partial charge in [0.25, 0.3) is 5.91 Å². The predicted molar refractivity (Wildman–Crippen MR) is 90.6 cm³/mol. The molecule has 0 unspecified atom stereocenters. The average molecular weight is 379 g/mol. The fraction of sp³-hybridized carbons (Fsp3) is 0.176. The minimum atomic E-state index is -0.492. The number of para-hydroxylation sites is 1. The van der Waals surface area contributed by atoms with Crippen LogP contribution in [-0.2, 0) is 11.3 Å². The largest absolute Gasteiger partial charge is 0.342 e. The van der Waals surface area contributed by atoms with E-state index in [1.165, 1.54) is 19.1 Å². The van der Waals surface area contributed by atoms with Crippen LogP contribution in [0.4, 0.5) is 10.1 Å². The molecule has 1 N–H and O–H groups in total. The van der Waals surface area contributed by atoms with Crippen LogP contribution in [0, 0.1) is 5.82 Å². The first-order valence-corrected chi connectivity index (χ1v) is 7.73. The molecule has 4 nitrogen and oxygen atoms in total. The van der Waals surface area contributed by atoms with Gasteiger partial charge in [-0.1, -0.05) is 34.1 Å². The minimum absolute atomic E-state index is 0.0693. The summed E-state index contributed by atoms with van der Waals surface area (Å²) < 4.78 is 13.9. The number of nitrogens with zero attached hydrogens (tertiary/aromatic N) is 1. The zero-order valence-corrected chi connectivity index (χ0v) is 14.4. The van der Waals surface area contributed by atoms with Crippen molar-refractivity contribution in [3.05, 3.63) is 63.9 Å². The Labute approximate surface area is 142 Å². The van der Waals surface area contributed by atoms with Crippen molar-refractivity contribution in [1.29, 1.82) is 0 Å². The topological polar surface area (TPSA) is 49.4 Å². The molecular weight excluding hydrogens is 363 g/mol. The van der Waals surface area contributed by atoms with Crippen molar-refractivity contribution in [3.8, 4) is 0 Å². The average Bonchev–Trinajstić information content (AvgIpc) is 2.48. The van der Waals surface area contributed by atoms with Gasteiger partial charge in [-0.3, -0.25) is 9.59 Å². The van der Waals surface area contributed by atoms with Crippen molar-refractivity contribution in [2.45, 2.75) is 13.5 Å². The maximum absolute atomic E-state index is 13.4.